The summed E-state index contributed by atoms with van der Waals surface area (Å²) >= 11 is 0. The van der Waals surface area contributed by atoms with Gasteiger partial charge < -0.3 is 19.4 Å². The number of piperazine rings is 1. The van der Waals surface area contributed by atoms with Crippen molar-refractivity contribution in [3.63, 3.8) is 0 Å². The van der Waals surface area contributed by atoms with Crippen LogP contribution in [-0.4, -0.2) is 73.7 Å². The number of benzene rings is 2. The molecule has 5 rings (SSSR count). The molecule has 2 aliphatic rings. The maximum absolute atomic E-state index is 13.6. The summed E-state index contributed by atoms with van der Waals surface area (Å²) in [4.78, 5) is 41.6. The van der Waals surface area contributed by atoms with E-state index >= 15 is 0 Å². The number of methoxy groups -OCH3 is 1. The number of amides is 2. The van der Waals surface area contributed by atoms with Gasteiger partial charge in [0.05, 0.1) is 18.9 Å². The maximum Gasteiger partial charge on any atom is 0.326 e. The molecule has 35 heavy (non-hydrogen) atoms. The highest BCUT2D eigenvalue weighted by Gasteiger charge is 2.41. The van der Waals surface area contributed by atoms with Gasteiger partial charge in [-0.2, -0.15) is 0 Å². The number of aldehydes is 1. The number of carbonyl (C=O) groups excluding carboxylic acids is 2. The molecule has 180 valence electrons. The second-order valence-electron chi connectivity index (χ2n) is 8.37. The first kappa shape index (κ1) is 22.6. The zero-order chi connectivity index (χ0) is 24.5. The monoisotopic (exact) mass is 476 g/mol. The van der Waals surface area contributed by atoms with E-state index in [0.29, 0.717) is 54.8 Å². The summed E-state index contributed by atoms with van der Waals surface area (Å²) < 4.78 is 19.0. The Balaban J connectivity index is 1.39. The lowest BCUT2D eigenvalue weighted by molar-refractivity contribution is -0.108. The molecule has 0 spiro atoms. The first-order valence-electron chi connectivity index (χ1n) is 11.3. The Hall–Kier alpha value is -4.21. The van der Waals surface area contributed by atoms with Gasteiger partial charge in [-0.3, -0.25) is 9.69 Å². The molecule has 1 atom stereocenters. The number of ether oxygens (including phenoxy) is 1. The molecule has 3 heterocycles. The van der Waals surface area contributed by atoms with Crippen LogP contribution in [0.3, 0.4) is 0 Å². The number of para-hydroxylation sites is 1. The minimum absolute atomic E-state index is 0.291. The van der Waals surface area contributed by atoms with E-state index in [-0.39, 0.29) is 11.8 Å². The number of fused-ring (bicyclic) bond motifs is 1. The van der Waals surface area contributed by atoms with Gasteiger partial charge in [-0.05, 0) is 30.3 Å². The minimum Gasteiger partial charge on any atom is -0.496 e. The van der Waals surface area contributed by atoms with Crippen molar-refractivity contribution < 1.29 is 18.7 Å². The maximum atomic E-state index is 13.6. The van der Waals surface area contributed by atoms with Crippen LogP contribution in [0.2, 0.25) is 0 Å². The smallest absolute Gasteiger partial charge is 0.326 e. The molecule has 1 aromatic heterocycles. The van der Waals surface area contributed by atoms with E-state index in [0.717, 1.165) is 12.0 Å². The van der Waals surface area contributed by atoms with Gasteiger partial charge >= 0.3 is 6.03 Å². The zero-order valence-electron chi connectivity index (χ0n) is 19.5. The van der Waals surface area contributed by atoms with E-state index in [9.17, 15) is 14.0 Å². The molecule has 1 fully saturated rings. The number of nitrogens with zero attached hydrogens (tertiary/aromatic N) is 6. The highest BCUT2D eigenvalue weighted by molar-refractivity contribution is 6.03. The Morgan fingerprint density at radius 3 is 2.60 bits per heavy atom. The molecule has 0 saturated carbocycles. The molecule has 0 N–H and O–H groups in total. The summed E-state index contributed by atoms with van der Waals surface area (Å²) in [7, 11) is 3.31. The van der Waals surface area contributed by atoms with Gasteiger partial charge in [0.2, 0.25) is 0 Å². The van der Waals surface area contributed by atoms with Crippen LogP contribution in [0.5, 0.6) is 5.75 Å². The molecule has 10 heteroatoms. The Morgan fingerprint density at radius 2 is 1.89 bits per heavy atom. The van der Waals surface area contributed by atoms with Crippen molar-refractivity contribution in [2.45, 2.75) is 6.17 Å². The van der Waals surface area contributed by atoms with Crippen LogP contribution in [0.4, 0.5) is 26.4 Å². The standard InChI is InChI=1S/C25H25FN6O3/c1-29-22(16-33)32(20-15-27-23(28-24(20)29)19-8-3-4-9-21(19)35-2)25(34)31-12-10-30(11-13-31)18-7-5-6-17(26)14-18/h3-9,14-16,22H,10-13H2,1-2H3. The van der Waals surface area contributed by atoms with Crippen LogP contribution < -0.4 is 19.4 Å². The highest BCUT2D eigenvalue weighted by Crippen LogP contribution is 2.39. The average Bonchev–Trinajstić information content (AvgIpc) is 3.19. The van der Waals surface area contributed by atoms with Crippen molar-refractivity contribution >= 4 is 29.5 Å². The topological polar surface area (TPSA) is 82.1 Å². The molecular weight excluding hydrogens is 451 g/mol. The summed E-state index contributed by atoms with van der Waals surface area (Å²) in [5.41, 5.74) is 1.97. The van der Waals surface area contributed by atoms with E-state index < -0.39 is 6.17 Å². The van der Waals surface area contributed by atoms with Crippen LogP contribution in [-0.2, 0) is 4.79 Å². The van der Waals surface area contributed by atoms with Gasteiger partial charge in [0.15, 0.2) is 24.1 Å². The third-order valence-electron chi connectivity index (χ3n) is 6.40. The molecule has 3 aromatic rings. The summed E-state index contributed by atoms with van der Waals surface area (Å²) in [6.45, 7) is 1.99. The van der Waals surface area contributed by atoms with Crippen molar-refractivity contribution in [1.29, 1.82) is 0 Å². The molecular formula is C25H25FN6O3. The lowest BCUT2D eigenvalue weighted by Crippen LogP contribution is -2.56. The lowest BCUT2D eigenvalue weighted by Gasteiger charge is -2.38. The van der Waals surface area contributed by atoms with Gasteiger partial charge in [0.1, 0.15) is 17.3 Å². The van der Waals surface area contributed by atoms with E-state index in [2.05, 4.69) is 9.97 Å². The molecule has 9 nitrogen and oxygen atoms in total. The second kappa shape index (κ2) is 9.21. The fourth-order valence-electron chi connectivity index (χ4n) is 4.55. The third-order valence-corrected chi connectivity index (χ3v) is 6.40. The number of hydrogen-bond donors (Lipinski definition) is 0. The summed E-state index contributed by atoms with van der Waals surface area (Å²) in [6.07, 6.45) is 1.47. The van der Waals surface area contributed by atoms with Crippen LogP contribution in [0.15, 0.2) is 54.7 Å². The molecule has 0 bridgehead atoms. The number of halogens is 1. The number of likely N-dealkylation sites (N-methyl/N-ethyl adjacent to an activating group) is 1. The quantitative estimate of drug-likeness (QED) is 0.536. The number of aromatic nitrogens is 2. The number of anilines is 3. The SMILES string of the molecule is COc1ccccc1-c1ncc2c(n1)N(C)C(C=O)N2C(=O)N1CCN(c2cccc(F)c2)CC1. The van der Waals surface area contributed by atoms with E-state index in [1.807, 2.05) is 35.2 Å². The van der Waals surface area contributed by atoms with E-state index in [1.165, 1.54) is 17.0 Å². The molecule has 2 aliphatic heterocycles. The second-order valence-corrected chi connectivity index (χ2v) is 8.37. The van der Waals surface area contributed by atoms with Gasteiger partial charge in [-0.1, -0.05) is 18.2 Å². The van der Waals surface area contributed by atoms with Gasteiger partial charge in [-0.25, -0.2) is 19.2 Å². The number of urea groups is 1. The Labute approximate surface area is 202 Å². The molecule has 0 aliphatic carbocycles. The van der Waals surface area contributed by atoms with Gasteiger partial charge in [0.25, 0.3) is 0 Å². The average molecular weight is 477 g/mol. The van der Waals surface area contributed by atoms with Crippen LogP contribution in [0, 0.1) is 5.82 Å². The van der Waals surface area contributed by atoms with Crippen LogP contribution in [0.25, 0.3) is 11.4 Å². The normalized spacial score (nSPS) is 17.4. The third kappa shape index (κ3) is 4.01. The van der Waals surface area contributed by atoms with E-state index in [1.54, 1.807) is 36.2 Å². The Kier molecular flexibility index (Phi) is 5.94. The number of rotatable bonds is 4. The van der Waals surface area contributed by atoms with Crippen molar-refractivity contribution in [2.24, 2.45) is 0 Å². The first-order chi connectivity index (χ1) is 17.0. The fraction of sp³-hybridized carbons (Fsp3) is 0.280. The van der Waals surface area contributed by atoms with Crippen LogP contribution >= 0.6 is 0 Å². The first-order valence-corrected chi connectivity index (χ1v) is 11.3. The molecule has 1 saturated heterocycles. The predicted octanol–water partition coefficient (Wildman–Crippen LogP) is 3.01. The van der Waals surface area contributed by atoms with Crippen molar-refractivity contribution in [2.75, 3.05) is 55.0 Å². The van der Waals surface area contributed by atoms with E-state index in [4.69, 9.17) is 4.74 Å². The summed E-state index contributed by atoms with van der Waals surface area (Å²) in [6, 6.07) is 13.5. The Morgan fingerprint density at radius 1 is 1.11 bits per heavy atom. The summed E-state index contributed by atoms with van der Waals surface area (Å²) in [5, 5.41) is 0. The van der Waals surface area contributed by atoms with Crippen molar-refractivity contribution in [3.05, 3.63) is 60.5 Å². The number of hydrogen-bond acceptors (Lipinski definition) is 7. The lowest BCUT2D eigenvalue weighted by atomic mass is 10.2. The molecule has 2 aromatic carbocycles. The zero-order valence-corrected chi connectivity index (χ0v) is 19.5. The molecule has 1 unspecified atom stereocenters. The Bertz CT molecular complexity index is 1260. The predicted molar refractivity (Wildman–Crippen MR) is 130 cm³/mol. The van der Waals surface area contributed by atoms with Gasteiger partial charge in [-0.15, -0.1) is 0 Å². The highest BCUT2D eigenvalue weighted by atomic mass is 19.1. The van der Waals surface area contributed by atoms with Gasteiger partial charge in [0, 0.05) is 38.9 Å². The largest absolute Gasteiger partial charge is 0.496 e. The fourth-order valence-corrected chi connectivity index (χ4v) is 4.55. The van der Waals surface area contributed by atoms with Crippen LogP contribution in [0.1, 0.15) is 0 Å². The van der Waals surface area contributed by atoms with Crippen molar-refractivity contribution in [3.8, 4) is 17.1 Å². The number of carbonyl (C=O) groups is 2. The minimum atomic E-state index is -0.832. The molecule has 2 amide bonds. The summed E-state index contributed by atoms with van der Waals surface area (Å²) in [5.74, 6) is 1.27. The molecule has 0 radical (unpaired) electrons. The van der Waals surface area contributed by atoms with Crippen molar-refractivity contribution in [1.82, 2.24) is 14.9 Å².